The van der Waals surface area contributed by atoms with E-state index < -0.39 is 32.5 Å². The Morgan fingerprint density at radius 2 is 1.16 bits per heavy atom. The van der Waals surface area contributed by atoms with Crippen molar-refractivity contribution in [3.05, 3.63) is 72.9 Å². The van der Waals surface area contributed by atoms with Crippen molar-refractivity contribution in [1.82, 2.24) is 0 Å². The summed E-state index contributed by atoms with van der Waals surface area (Å²) in [4.78, 5) is 37.6. The molecule has 1 heterocycles. The molecule has 1 aliphatic heterocycles. The van der Waals surface area contributed by atoms with E-state index in [1.165, 1.54) is 38.5 Å². The standard InChI is InChI=1S/C46H78NO9P/c1-6-8-10-12-14-16-18-20-21-22-24-26-28-30-32-36-46(49)55-42(41-54-57(50,51)53-39-38-47(3,4)5)40-52-45(48)37-33-35-44-43(56-44)34-31-29-27-25-23-19-17-15-13-11-9-7-2/h14-17,20-21,23-26,29,31,42-44H,6-13,18-19,22,27-28,30,32-41H2,1-5H3/b16-14-,17-15-,21-20-,25-23-,26-24-,31-29-/t42-,43?,44?/m1/s1. The van der Waals surface area contributed by atoms with Crippen LogP contribution in [0.4, 0.5) is 0 Å². The number of allylic oxidation sites excluding steroid dienone is 11. The maximum Gasteiger partial charge on any atom is 0.306 e. The molecule has 1 rings (SSSR count). The Balaban J connectivity index is 2.38. The number of nitrogens with zero attached hydrogens (tertiary/aromatic N) is 1. The average molecular weight is 820 g/mol. The second-order valence-corrected chi connectivity index (χ2v) is 17.1. The largest absolute Gasteiger partial charge is 0.756 e. The maximum atomic E-state index is 12.7. The first-order valence-electron chi connectivity index (χ1n) is 21.8. The predicted octanol–water partition coefficient (Wildman–Crippen LogP) is 10.6. The Morgan fingerprint density at radius 1 is 0.649 bits per heavy atom. The van der Waals surface area contributed by atoms with Crippen molar-refractivity contribution in [3.63, 3.8) is 0 Å². The minimum Gasteiger partial charge on any atom is -0.756 e. The maximum absolute atomic E-state index is 12.7. The van der Waals surface area contributed by atoms with Crippen molar-refractivity contribution in [2.45, 2.75) is 161 Å². The third-order valence-corrected chi connectivity index (χ3v) is 10.1. The smallest absolute Gasteiger partial charge is 0.306 e. The van der Waals surface area contributed by atoms with Gasteiger partial charge in [0, 0.05) is 12.8 Å². The van der Waals surface area contributed by atoms with Crippen molar-refractivity contribution in [1.29, 1.82) is 0 Å². The zero-order valence-electron chi connectivity index (χ0n) is 36.2. The second-order valence-electron chi connectivity index (χ2n) is 15.7. The minimum atomic E-state index is -4.66. The molecule has 1 fully saturated rings. The number of carbonyl (C=O) groups is 2. The molecule has 1 saturated heterocycles. The van der Waals surface area contributed by atoms with Crippen LogP contribution in [-0.4, -0.2) is 82.2 Å². The summed E-state index contributed by atoms with van der Waals surface area (Å²) >= 11 is 0. The highest BCUT2D eigenvalue weighted by atomic mass is 31.2. The van der Waals surface area contributed by atoms with Gasteiger partial charge in [-0.1, -0.05) is 112 Å². The molecule has 1 aliphatic rings. The van der Waals surface area contributed by atoms with Crippen LogP contribution >= 0.6 is 7.82 Å². The van der Waals surface area contributed by atoms with E-state index in [-0.39, 0.29) is 38.3 Å². The third-order valence-electron chi connectivity index (χ3n) is 9.12. The van der Waals surface area contributed by atoms with Gasteiger partial charge in [-0.25, -0.2) is 0 Å². The Labute approximate surface area is 346 Å². The van der Waals surface area contributed by atoms with E-state index in [1.54, 1.807) is 0 Å². The first-order chi connectivity index (χ1) is 27.5. The zero-order valence-corrected chi connectivity index (χ0v) is 37.1. The molecule has 0 aromatic rings. The number of rotatable bonds is 37. The van der Waals surface area contributed by atoms with Gasteiger partial charge in [0.2, 0.25) is 0 Å². The van der Waals surface area contributed by atoms with Crippen LogP contribution in [0.2, 0.25) is 0 Å². The lowest BCUT2D eigenvalue weighted by molar-refractivity contribution is -0.870. The first kappa shape index (κ1) is 52.4. The van der Waals surface area contributed by atoms with E-state index in [2.05, 4.69) is 86.8 Å². The highest BCUT2D eigenvalue weighted by molar-refractivity contribution is 7.45. The molecule has 11 heteroatoms. The normalized spacial score (nSPS) is 17.9. The van der Waals surface area contributed by atoms with Gasteiger partial charge in [-0.15, -0.1) is 0 Å². The molecular weight excluding hydrogens is 741 g/mol. The van der Waals surface area contributed by atoms with Crippen molar-refractivity contribution in [2.75, 3.05) is 47.5 Å². The molecule has 0 aromatic heterocycles. The quantitative estimate of drug-likeness (QED) is 0.0150. The second kappa shape index (κ2) is 34.3. The van der Waals surface area contributed by atoms with Gasteiger partial charge in [0.15, 0.2) is 6.10 Å². The molecule has 3 unspecified atom stereocenters. The molecule has 0 spiro atoms. The van der Waals surface area contributed by atoms with Crippen molar-refractivity contribution in [2.24, 2.45) is 0 Å². The Kier molecular flexibility index (Phi) is 31.5. The van der Waals surface area contributed by atoms with E-state index in [9.17, 15) is 19.0 Å². The van der Waals surface area contributed by atoms with Gasteiger partial charge in [-0.2, -0.15) is 0 Å². The molecule has 10 nitrogen and oxygen atoms in total. The van der Waals surface area contributed by atoms with Crippen LogP contribution in [-0.2, 0) is 37.4 Å². The van der Waals surface area contributed by atoms with Crippen LogP contribution in [0, 0.1) is 0 Å². The number of esters is 2. The lowest BCUT2D eigenvalue weighted by Gasteiger charge is -2.28. The number of unbranched alkanes of at least 4 members (excludes halogenated alkanes) is 8. The van der Waals surface area contributed by atoms with Gasteiger partial charge in [-0.3, -0.25) is 14.2 Å². The van der Waals surface area contributed by atoms with Crippen LogP contribution in [0.5, 0.6) is 0 Å². The van der Waals surface area contributed by atoms with Crippen LogP contribution < -0.4 is 4.89 Å². The molecule has 57 heavy (non-hydrogen) atoms. The number of carbonyl (C=O) groups excluding carboxylic acids is 2. The van der Waals surface area contributed by atoms with E-state index >= 15 is 0 Å². The molecule has 0 N–H and O–H groups in total. The fraction of sp³-hybridized carbons (Fsp3) is 0.696. The lowest BCUT2D eigenvalue weighted by Crippen LogP contribution is -2.37. The summed E-state index contributed by atoms with van der Waals surface area (Å²) in [5.41, 5.74) is 0. The van der Waals surface area contributed by atoms with Crippen LogP contribution in [0.25, 0.3) is 0 Å². The summed E-state index contributed by atoms with van der Waals surface area (Å²) < 4.78 is 39.6. The average Bonchev–Trinajstić information content (AvgIpc) is 3.91. The van der Waals surface area contributed by atoms with Gasteiger partial charge in [0.25, 0.3) is 7.82 Å². The van der Waals surface area contributed by atoms with Gasteiger partial charge in [0.05, 0.1) is 40.0 Å². The van der Waals surface area contributed by atoms with Gasteiger partial charge in [-0.05, 0) is 89.9 Å². The van der Waals surface area contributed by atoms with Crippen molar-refractivity contribution in [3.8, 4) is 0 Å². The van der Waals surface area contributed by atoms with Crippen molar-refractivity contribution >= 4 is 19.8 Å². The Hall–Kier alpha value is -2.59. The number of phosphoric ester groups is 1. The van der Waals surface area contributed by atoms with Crippen LogP contribution in [0.15, 0.2) is 72.9 Å². The van der Waals surface area contributed by atoms with Crippen LogP contribution in [0.1, 0.15) is 142 Å². The lowest BCUT2D eigenvalue weighted by atomic mass is 10.1. The number of quaternary nitrogens is 1. The summed E-state index contributed by atoms with van der Waals surface area (Å²) in [7, 11) is 1.09. The fourth-order valence-electron chi connectivity index (χ4n) is 5.57. The molecule has 0 aliphatic carbocycles. The Morgan fingerprint density at radius 3 is 1.70 bits per heavy atom. The number of likely N-dealkylation sites (N-methyl/N-ethyl adjacent to an activating group) is 1. The van der Waals surface area contributed by atoms with E-state index in [0.29, 0.717) is 23.9 Å². The van der Waals surface area contributed by atoms with E-state index in [1.807, 2.05) is 21.1 Å². The van der Waals surface area contributed by atoms with Crippen LogP contribution in [0.3, 0.4) is 0 Å². The SMILES string of the molecule is CCCCC/C=C\C/C=C\C/C=C\CCCCC(=O)O[C@H](COC(=O)CCCC1OC1C/C=C\C/C=C\C/C=C\CCCCC)COP(=O)([O-])OCC[N+](C)(C)C. The molecule has 326 valence electrons. The third kappa shape index (κ3) is 35.1. The van der Waals surface area contributed by atoms with Gasteiger partial charge >= 0.3 is 11.9 Å². The first-order valence-corrected chi connectivity index (χ1v) is 23.2. The molecule has 0 amide bonds. The highest BCUT2D eigenvalue weighted by Gasteiger charge is 2.36. The number of epoxide rings is 1. The summed E-state index contributed by atoms with van der Waals surface area (Å²) in [6.45, 7) is 4.01. The molecule has 0 saturated carbocycles. The summed E-state index contributed by atoms with van der Waals surface area (Å²) in [6.07, 6.45) is 43.8. The monoisotopic (exact) mass is 820 g/mol. The fourth-order valence-corrected chi connectivity index (χ4v) is 6.30. The summed E-state index contributed by atoms with van der Waals surface area (Å²) in [6, 6.07) is 0. The molecular formula is C46H78NO9P. The Bertz CT molecular complexity index is 1270. The molecule has 0 radical (unpaired) electrons. The summed E-state index contributed by atoms with van der Waals surface area (Å²) in [5, 5.41) is 0. The number of phosphoric acid groups is 1. The van der Waals surface area contributed by atoms with Gasteiger partial charge < -0.3 is 32.6 Å². The van der Waals surface area contributed by atoms with Gasteiger partial charge in [0.1, 0.15) is 19.8 Å². The molecule has 4 atom stereocenters. The number of ether oxygens (including phenoxy) is 3. The van der Waals surface area contributed by atoms with E-state index in [4.69, 9.17) is 23.3 Å². The zero-order chi connectivity index (χ0) is 41.9. The number of hydrogen-bond donors (Lipinski definition) is 0. The highest BCUT2D eigenvalue weighted by Crippen LogP contribution is 2.38. The topological polar surface area (TPSA) is 124 Å². The number of hydrogen-bond acceptors (Lipinski definition) is 9. The van der Waals surface area contributed by atoms with E-state index in [0.717, 1.165) is 64.2 Å². The minimum absolute atomic E-state index is 0.0540. The molecule has 0 aromatic carbocycles. The summed E-state index contributed by atoms with van der Waals surface area (Å²) in [5.74, 6) is -0.964. The molecule has 0 bridgehead atoms. The predicted molar refractivity (Wildman–Crippen MR) is 230 cm³/mol. The van der Waals surface area contributed by atoms with Crippen molar-refractivity contribution < 1.29 is 46.8 Å².